The summed E-state index contributed by atoms with van der Waals surface area (Å²) in [4.78, 5) is 23.7. The first-order valence-electron chi connectivity index (χ1n) is 8.89. The van der Waals surface area contributed by atoms with Crippen LogP contribution >= 0.6 is 11.6 Å². The van der Waals surface area contributed by atoms with E-state index in [1.165, 1.54) is 0 Å². The summed E-state index contributed by atoms with van der Waals surface area (Å²) < 4.78 is 28.9. The Morgan fingerprint density at radius 3 is 2.50 bits per heavy atom. The number of halogens is 1. The van der Waals surface area contributed by atoms with Crippen LogP contribution in [0.2, 0.25) is 5.02 Å². The Hall–Kier alpha value is -1.40. The number of hydrogen-bond donors (Lipinski definition) is 0. The van der Waals surface area contributed by atoms with E-state index in [0.717, 1.165) is 43.9 Å². The molecule has 0 spiro atoms. The maximum atomic E-state index is 11.9. The number of esters is 1. The van der Waals surface area contributed by atoms with Gasteiger partial charge in [0.05, 0.1) is 9.92 Å². The van der Waals surface area contributed by atoms with Gasteiger partial charge in [-0.15, -0.1) is 0 Å². The van der Waals surface area contributed by atoms with Gasteiger partial charge in [-0.1, -0.05) is 30.5 Å². The molecule has 1 atom stereocenters. The molecule has 5 nitrogen and oxygen atoms in total. The van der Waals surface area contributed by atoms with Crippen LogP contribution in [0.15, 0.2) is 23.1 Å². The number of benzene rings is 1. The SMILES string of the molecule is CS(=O)(=O)c1ccc(CCC2(C3CC(=O)CC(=O)O3)CCCC2)cc1Cl. The predicted octanol–water partition coefficient (Wildman–Crippen LogP) is 3.51. The molecule has 0 bridgehead atoms. The number of hydrogen-bond acceptors (Lipinski definition) is 5. The second-order valence-corrected chi connectivity index (χ2v) is 9.90. The molecule has 1 heterocycles. The van der Waals surface area contributed by atoms with Crippen molar-refractivity contribution in [3.8, 4) is 0 Å². The van der Waals surface area contributed by atoms with Crippen LogP contribution in [0, 0.1) is 5.41 Å². The van der Waals surface area contributed by atoms with E-state index in [1.807, 2.05) is 0 Å². The molecule has 1 aliphatic heterocycles. The Balaban J connectivity index is 1.76. The largest absolute Gasteiger partial charge is 0.461 e. The Morgan fingerprint density at radius 2 is 1.92 bits per heavy atom. The molecular formula is C19H23ClO5S. The molecule has 1 unspecified atom stereocenters. The first-order valence-corrected chi connectivity index (χ1v) is 11.2. The van der Waals surface area contributed by atoms with E-state index in [9.17, 15) is 18.0 Å². The lowest BCUT2D eigenvalue weighted by atomic mass is 9.73. The molecule has 2 fully saturated rings. The van der Waals surface area contributed by atoms with Crippen molar-refractivity contribution in [2.75, 3.05) is 6.26 Å². The number of sulfone groups is 1. The Kier molecular flexibility index (Phi) is 5.45. The van der Waals surface area contributed by atoms with Crippen LogP contribution < -0.4 is 0 Å². The van der Waals surface area contributed by atoms with Gasteiger partial charge in [0.25, 0.3) is 0 Å². The minimum Gasteiger partial charge on any atom is -0.461 e. The van der Waals surface area contributed by atoms with Crippen molar-refractivity contribution in [1.29, 1.82) is 0 Å². The van der Waals surface area contributed by atoms with Gasteiger partial charge in [-0.2, -0.15) is 0 Å². The molecule has 1 aliphatic carbocycles. The van der Waals surface area contributed by atoms with Gasteiger partial charge in [0.2, 0.25) is 0 Å². The lowest BCUT2D eigenvalue weighted by Gasteiger charge is -2.38. The van der Waals surface area contributed by atoms with Crippen molar-refractivity contribution in [3.63, 3.8) is 0 Å². The van der Waals surface area contributed by atoms with Gasteiger partial charge in [-0.3, -0.25) is 9.59 Å². The standard InChI is InChI=1S/C19H23ClO5S/c1-26(23,24)16-5-4-13(10-15(16)20)6-9-19(7-2-3-8-19)17-11-14(21)12-18(22)25-17/h4-5,10,17H,2-3,6-9,11-12H2,1H3. The van der Waals surface area contributed by atoms with Crippen molar-refractivity contribution in [3.05, 3.63) is 28.8 Å². The Morgan fingerprint density at radius 1 is 1.23 bits per heavy atom. The zero-order valence-corrected chi connectivity index (χ0v) is 16.4. The number of ether oxygens (including phenoxy) is 1. The minimum absolute atomic E-state index is 0.0434. The van der Waals surface area contributed by atoms with E-state index in [4.69, 9.17) is 16.3 Å². The lowest BCUT2D eigenvalue weighted by Crippen LogP contribution is -2.42. The summed E-state index contributed by atoms with van der Waals surface area (Å²) in [6, 6.07) is 5.01. The van der Waals surface area contributed by atoms with E-state index in [1.54, 1.807) is 18.2 Å². The summed E-state index contributed by atoms with van der Waals surface area (Å²) in [5.41, 5.74) is 0.774. The highest BCUT2D eigenvalue weighted by Crippen LogP contribution is 2.48. The number of Topliss-reactive ketones (excluding diaryl/α,β-unsaturated/α-hetero) is 1. The van der Waals surface area contributed by atoms with Crippen LogP contribution in [0.1, 0.15) is 50.5 Å². The fourth-order valence-electron chi connectivity index (χ4n) is 4.23. The monoisotopic (exact) mass is 398 g/mol. The summed E-state index contributed by atoms with van der Waals surface area (Å²) in [5, 5.41) is 0.227. The molecule has 142 valence electrons. The van der Waals surface area contributed by atoms with Crippen LogP contribution in [0.4, 0.5) is 0 Å². The molecule has 1 saturated carbocycles. The third-order valence-corrected chi connectivity index (χ3v) is 7.20. The summed E-state index contributed by atoms with van der Waals surface area (Å²) in [6.45, 7) is 0. The number of carbonyl (C=O) groups is 2. The lowest BCUT2D eigenvalue weighted by molar-refractivity contribution is -0.166. The normalized spacial score (nSPS) is 23.1. The number of ketones is 1. The van der Waals surface area contributed by atoms with E-state index in [2.05, 4.69) is 0 Å². The van der Waals surface area contributed by atoms with Crippen LogP contribution in [-0.4, -0.2) is 32.5 Å². The molecule has 0 amide bonds. The molecule has 1 aromatic carbocycles. The molecule has 3 rings (SSSR count). The zero-order chi connectivity index (χ0) is 18.9. The second kappa shape index (κ2) is 7.31. The van der Waals surface area contributed by atoms with Crippen molar-refractivity contribution in [1.82, 2.24) is 0 Å². The van der Waals surface area contributed by atoms with Gasteiger partial charge in [0, 0.05) is 18.1 Å². The van der Waals surface area contributed by atoms with Gasteiger partial charge in [-0.25, -0.2) is 8.42 Å². The number of aryl methyl sites for hydroxylation is 1. The predicted molar refractivity (Wildman–Crippen MR) is 97.9 cm³/mol. The Labute approximate surface area is 159 Å². The highest BCUT2D eigenvalue weighted by Gasteiger charge is 2.45. The average molecular weight is 399 g/mol. The van der Waals surface area contributed by atoms with Gasteiger partial charge in [0.15, 0.2) is 9.84 Å². The number of carbonyl (C=O) groups excluding carboxylic acids is 2. The molecule has 0 N–H and O–H groups in total. The van der Waals surface area contributed by atoms with Crippen molar-refractivity contribution in [2.45, 2.75) is 62.4 Å². The Bertz CT molecular complexity index is 808. The highest BCUT2D eigenvalue weighted by molar-refractivity contribution is 7.90. The van der Waals surface area contributed by atoms with Gasteiger partial charge in [-0.05, 0) is 43.4 Å². The first-order chi connectivity index (χ1) is 12.2. The molecule has 7 heteroatoms. The van der Waals surface area contributed by atoms with E-state index in [-0.39, 0.29) is 33.6 Å². The molecule has 1 saturated heterocycles. The van der Waals surface area contributed by atoms with Crippen molar-refractivity contribution in [2.24, 2.45) is 5.41 Å². The second-order valence-electron chi connectivity index (χ2n) is 7.50. The summed E-state index contributed by atoms with van der Waals surface area (Å²) in [6.07, 6.45) is 6.47. The maximum absolute atomic E-state index is 11.9. The molecule has 0 aromatic heterocycles. The molecule has 1 aromatic rings. The van der Waals surface area contributed by atoms with Gasteiger partial charge >= 0.3 is 5.97 Å². The number of cyclic esters (lactones) is 1. The number of rotatable bonds is 5. The fraction of sp³-hybridized carbons (Fsp3) is 0.579. The van der Waals surface area contributed by atoms with Crippen LogP contribution in [0.5, 0.6) is 0 Å². The smallest absolute Gasteiger partial charge is 0.313 e. The van der Waals surface area contributed by atoms with Crippen LogP contribution in [0.25, 0.3) is 0 Å². The average Bonchev–Trinajstić information content (AvgIpc) is 3.01. The van der Waals surface area contributed by atoms with E-state index >= 15 is 0 Å². The van der Waals surface area contributed by atoms with Crippen LogP contribution in [-0.2, 0) is 30.6 Å². The molecule has 0 radical (unpaired) electrons. The van der Waals surface area contributed by atoms with Gasteiger partial charge in [0.1, 0.15) is 18.3 Å². The quantitative estimate of drug-likeness (QED) is 0.560. The minimum atomic E-state index is -3.35. The fourth-order valence-corrected chi connectivity index (χ4v) is 5.58. The topological polar surface area (TPSA) is 77.5 Å². The van der Waals surface area contributed by atoms with Crippen molar-refractivity contribution < 1.29 is 22.7 Å². The molecular weight excluding hydrogens is 376 g/mol. The summed E-state index contributed by atoms with van der Waals surface area (Å²) in [5.74, 6) is -0.462. The third-order valence-electron chi connectivity index (χ3n) is 5.62. The van der Waals surface area contributed by atoms with E-state index in [0.29, 0.717) is 12.8 Å². The first kappa shape index (κ1) is 19.4. The zero-order valence-electron chi connectivity index (χ0n) is 14.8. The van der Waals surface area contributed by atoms with E-state index < -0.39 is 15.8 Å². The molecule has 2 aliphatic rings. The van der Waals surface area contributed by atoms with Crippen LogP contribution in [0.3, 0.4) is 0 Å². The van der Waals surface area contributed by atoms with Crippen molar-refractivity contribution >= 4 is 33.2 Å². The summed E-state index contributed by atoms with van der Waals surface area (Å²) in [7, 11) is -3.35. The highest BCUT2D eigenvalue weighted by atomic mass is 35.5. The van der Waals surface area contributed by atoms with Gasteiger partial charge < -0.3 is 4.74 Å². The third kappa shape index (κ3) is 4.12. The summed E-state index contributed by atoms with van der Waals surface area (Å²) >= 11 is 6.14. The molecule has 26 heavy (non-hydrogen) atoms. The maximum Gasteiger partial charge on any atom is 0.313 e.